The third-order valence-corrected chi connectivity index (χ3v) is 3.04. The van der Waals surface area contributed by atoms with E-state index in [2.05, 4.69) is 20.8 Å². The van der Waals surface area contributed by atoms with Crippen molar-refractivity contribution in [3.05, 3.63) is 29.8 Å². The summed E-state index contributed by atoms with van der Waals surface area (Å²) in [5.41, 5.74) is 1.12. The van der Waals surface area contributed by atoms with Gasteiger partial charge in [0.2, 0.25) is 0 Å². The molecule has 0 saturated carbocycles. The average molecular weight is 236 g/mol. The molecule has 0 aliphatic carbocycles. The van der Waals surface area contributed by atoms with Gasteiger partial charge >= 0.3 is 0 Å². The molecule has 2 atom stereocenters. The molecule has 0 bridgehead atoms. The maximum atomic E-state index is 9.21. The summed E-state index contributed by atoms with van der Waals surface area (Å²) < 4.78 is 5.85. The van der Waals surface area contributed by atoms with Crippen molar-refractivity contribution in [2.24, 2.45) is 5.92 Å². The van der Waals surface area contributed by atoms with E-state index in [-0.39, 0.29) is 6.10 Å². The molecule has 1 aromatic carbocycles. The largest absolute Gasteiger partial charge is 0.508 e. The Balaban J connectivity index is 2.34. The average Bonchev–Trinajstić information content (AvgIpc) is 2.34. The second kappa shape index (κ2) is 7.33. The minimum Gasteiger partial charge on any atom is -0.508 e. The number of hydrogen-bond acceptors (Lipinski definition) is 2. The van der Waals surface area contributed by atoms with E-state index < -0.39 is 0 Å². The van der Waals surface area contributed by atoms with Crippen molar-refractivity contribution in [2.45, 2.75) is 46.1 Å². The number of aromatic hydroxyl groups is 1. The van der Waals surface area contributed by atoms with E-state index in [9.17, 15) is 5.11 Å². The maximum Gasteiger partial charge on any atom is 0.115 e. The molecule has 2 nitrogen and oxygen atoms in total. The first-order valence-corrected chi connectivity index (χ1v) is 6.54. The van der Waals surface area contributed by atoms with E-state index in [0.717, 1.165) is 12.2 Å². The molecular formula is C15H24O2. The van der Waals surface area contributed by atoms with Gasteiger partial charge in [-0.05, 0) is 37.0 Å². The number of phenolic OH excluding ortho intramolecular Hbond substituents is 1. The Labute approximate surface area is 105 Å². The molecule has 1 rings (SSSR count). The first-order chi connectivity index (χ1) is 8.13. The number of rotatable bonds is 7. The van der Waals surface area contributed by atoms with E-state index in [0.29, 0.717) is 11.7 Å². The molecule has 1 aromatic rings. The Bertz CT molecular complexity index is 305. The monoisotopic (exact) mass is 236 g/mol. The Morgan fingerprint density at radius 3 is 2.41 bits per heavy atom. The normalized spacial score (nSPS) is 14.5. The fraction of sp³-hybridized carbons (Fsp3) is 0.600. The number of benzene rings is 1. The lowest BCUT2D eigenvalue weighted by Crippen LogP contribution is -2.09. The van der Waals surface area contributed by atoms with E-state index in [1.165, 1.54) is 19.3 Å². The molecule has 0 fully saturated rings. The van der Waals surface area contributed by atoms with Gasteiger partial charge in [0.15, 0.2) is 0 Å². The minimum absolute atomic E-state index is 0.0969. The summed E-state index contributed by atoms with van der Waals surface area (Å²) in [6.07, 6.45) is 3.86. The summed E-state index contributed by atoms with van der Waals surface area (Å²) in [4.78, 5) is 0. The molecule has 96 valence electrons. The van der Waals surface area contributed by atoms with Gasteiger partial charge in [-0.3, -0.25) is 0 Å². The van der Waals surface area contributed by atoms with Crippen molar-refractivity contribution in [2.75, 3.05) is 6.61 Å². The molecular weight excluding hydrogens is 212 g/mol. The highest BCUT2D eigenvalue weighted by Crippen LogP contribution is 2.21. The number of hydrogen-bond donors (Lipinski definition) is 1. The topological polar surface area (TPSA) is 29.5 Å². The first-order valence-electron chi connectivity index (χ1n) is 6.54. The third kappa shape index (κ3) is 5.22. The van der Waals surface area contributed by atoms with Crippen LogP contribution in [0.2, 0.25) is 0 Å². The predicted octanol–water partition coefficient (Wildman–Crippen LogP) is 4.30. The number of phenols is 1. The molecule has 0 aliphatic heterocycles. The van der Waals surface area contributed by atoms with E-state index in [1.54, 1.807) is 12.1 Å². The summed E-state index contributed by atoms with van der Waals surface area (Å²) in [5.74, 6) is 0.923. The van der Waals surface area contributed by atoms with Gasteiger partial charge in [0.25, 0.3) is 0 Å². The second-order valence-corrected chi connectivity index (χ2v) is 4.81. The molecule has 0 saturated heterocycles. The lowest BCUT2D eigenvalue weighted by atomic mass is 10.1. The van der Waals surface area contributed by atoms with Gasteiger partial charge < -0.3 is 9.84 Å². The van der Waals surface area contributed by atoms with Crippen molar-refractivity contribution in [3.63, 3.8) is 0 Å². The van der Waals surface area contributed by atoms with Crippen LogP contribution in [0.3, 0.4) is 0 Å². The van der Waals surface area contributed by atoms with Crippen molar-refractivity contribution >= 4 is 0 Å². The lowest BCUT2D eigenvalue weighted by molar-refractivity contribution is 0.0409. The highest BCUT2D eigenvalue weighted by molar-refractivity contribution is 5.27. The molecule has 0 radical (unpaired) electrons. The molecule has 17 heavy (non-hydrogen) atoms. The zero-order valence-corrected chi connectivity index (χ0v) is 11.1. The Morgan fingerprint density at radius 1 is 1.18 bits per heavy atom. The molecule has 0 amide bonds. The summed E-state index contributed by atoms with van der Waals surface area (Å²) >= 11 is 0. The van der Waals surface area contributed by atoms with Crippen LogP contribution in [0.4, 0.5) is 0 Å². The van der Waals surface area contributed by atoms with Crippen LogP contribution in [0.25, 0.3) is 0 Å². The summed E-state index contributed by atoms with van der Waals surface area (Å²) in [7, 11) is 0. The molecule has 0 aromatic heterocycles. The summed E-state index contributed by atoms with van der Waals surface area (Å²) in [6, 6.07) is 7.23. The van der Waals surface area contributed by atoms with Crippen LogP contribution >= 0.6 is 0 Å². The first kappa shape index (κ1) is 14.0. The van der Waals surface area contributed by atoms with Gasteiger partial charge in [-0.25, -0.2) is 0 Å². The summed E-state index contributed by atoms with van der Waals surface area (Å²) in [5, 5.41) is 9.21. The van der Waals surface area contributed by atoms with Crippen LogP contribution in [0.5, 0.6) is 5.75 Å². The van der Waals surface area contributed by atoms with Crippen molar-refractivity contribution in [3.8, 4) is 5.75 Å². The maximum absolute atomic E-state index is 9.21. The standard InChI is InChI=1S/C15H24O2/c1-4-5-6-12(2)11-17-13(3)14-7-9-15(16)10-8-14/h7-10,12-13,16H,4-6,11H2,1-3H3. The van der Waals surface area contributed by atoms with Crippen LogP contribution < -0.4 is 0 Å². The van der Waals surface area contributed by atoms with Crippen LogP contribution in [0, 0.1) is 5.92 Å². The predicted molar refractivity (Wildman–Crippen MR) is 71.2 cm³/mol. The number of ether oxygens (including phenoxy) is 1. The third-order valence-electron chi connectivity index (χ3n) is 3.04. The van der Waals surface area contributed by atoms with Gasteiger partial charge in [0.1, 0.15) is 5.75 Å². The Kier molecular flexibility index (Phi) is 6.06. The highest BCUT2D eigenvalue weighted by atomic mass is 16.5. The zero-order chi connectivity index (χ0) is 12.7. The van der Waals surface area contributed by atoms with Crippen LogP contribution in [-0.2, 0) is 4.74 Å². The van der Waals surface area contributed by atoms with E-state index in [4.69, 9.17) is 4.74 Å². The SMILES string of the molecule is CCCCC(C)COC(C)c1ccc(O)cc1. The van der Waals surface area contributed by atoms with E-state index in [1.807, 2.05) is 12.1 Å². The van der Waals surface area contributed by atoms with Crippen molar-refractivity contribution in [1.29, 1.82) is 0 Å². The van der Waals surface area contributed by atoms with E-state index >= 15 is 0 Å². The molecule has 0 heterocycles. The van der Waals surface area contributed by atoms with Crippen molar-refractivity contribution in [1.82, 2.24) is 0 Å². The molecule has 0 aliphatic rings. The molecule has 2 heteroatoms. The number of unbranched alkanes of at least 4 members (excludes halogenated alkanes) is 1. The van der Waals surface area contributed by atoms with Gasteiger partial charge in [0, 0.05) is 6.61 Å². The van der Waals surface area contributed by atoms with Gasteiger partial charge in [-0.15, -0.1) is 0 Å². The molecule has 0 spiro atoms. The molecule has 1 N–H and O–H groups in total. The highest BCUT2D eigenvalue weighted by Gasteiger charge is 2.08. The Hall–Kier alpha value is -1.02. The summed E-state index contributed by atoms with van der Waals surface area (Å²) in [6.45, 7) is 7.31. The van der Waals surface area contributed by atoms with Crippen LogP contribution in [0.1, 0.15) is 51.7 Å². The Morgan fingerprint density at radius 2 is 1.82 bits per heavy atom. The van der Waals surface area contributed by atoms with Gasteiger partial charge in [0.05, 0.1) is 6.10 Å². The van der Waals surface area contributed by atoms with Crippen molar-refractivity contribution < 1.29 is 9.84 Å². The zero-order valence-electron chi connectivity index (χ0n) is 11.1. The van der Waals surface area contributed by atoms with Crippen LogP contribution in [0.15, 0.2) is 24.3 Å². The minimum atomic E-state index is 0.0969. The molecule has 2 unspecified atom stereocenters. The van der Waals surface area contributed by atoms with Gasteiger partial charge in [-0.1, -0.05) is 38.8 Å². The lowest BCUT2D eigenvalue weighted by Gasteiger charge is -2.17. The van der Waals surface area contributed by atoms with Gasteiger partial charge in [-0.2, -0.15) is 0 Å². The fourth-order valence-corrected chi connectivity index (χ4v) is 1.79. The second-order valence-electron chi connectivity index (χ2n) is 4.81. The smallest absolute Gasteiger partial charge is 0.115 e. The van der Waals surface area contributed by atoms with Crippen LogP contribution in [-0.4, -0.2) is 11.7 Å². The quantitative estimate of drug-likeness (QED) is 0.765. The fourth-order valence-electron chi connectivity index (χ4n) is 1.79.